The van der Waals surface area contributed by atoms with Crippen LogP contribution in [0.15, 0.2) is 0 Å². The molecule has 0 rings (SSSR count). The van der Waals surface area contributed by atoms with Gasteiger partial charge in [-0.3, -0.25) is 0 Å². The lowest BCUT2D eigenvalue weighted by Crippen LogP contribution is -1.80. The van der Waals surface area contributed by atoms with E-state index in [0.29, 0.717) is 12.0 Å². The van der Waals surface area contributed by atoms with E-state index in [4.69, 9.17) is 16.5 Å². The Bertz CT molecular complexity index is 89.7. The summed E-state index contributed by atoms with van der Waals surface area (Å²) in [6.07, 6.45) is 0.451. The molecule has 5 heteroatoms. The highest BCUT2D eigenvalue weighted by molar-refractivity contribution is 8.61. The second-order valence-corrected chi connectivity index (χ2v) is 7.84. The Kier molecular flexibility index (Phi) is 3.90. The predicted octanol–water partition coefficient (Wildman–Crippen LogP) is 1.46. The maximum absolute atomic E-state index is 8.72. The van der Waals surface area contributed by atoms with E-state index in [9.17, 15) is 0 Å². The molecule has 44 valence electrons. The maximum atomic E-state index is 8.72. The summed E-state index contributed by atoms with van der Waals surface area (Å²) in [6.45, 7) is 0. The van der Waals surface area contributed by atoms with E-state index in [1.807, 2.05) is 0 Å². The zero-order chi connectivity index (χ0) is 5.91. The second-order valence-electron chi connectivity index (χ2n) is 1.08. The van der Waals surface area contributed by atoms with Crippen molar-refractivity contribution in [3.63, 3.8) is 0 Å². The number of thiol groups is 1. The minimum atomic E-state index is -2.27. The molecule has 0 aliphatic carbocycles. The monoisotopic (exact) mass is 176 g/mol. The molecule has 1 nitrogen and oxygen atoms in total. The Labute approximate surface area is 58.3 Å². The van der Waals surface area contributed by atoms with E-state index < -0.39 is 5.47 Å². The van der Waals surface area contributed by atoms with Gasteiger partial charge in [-0.1, -0.05) is 11.8 Å². The minimum absolute atomic E-state index is 0.400. The molecule has 1 atom stereocenters. The summed E-state index contributed by atoms with van der Waals surface area (Å²) in [6, 6.07) is 0. The number of alkyl halides is 1. The lowest BCUT2D eigenvalue weighted by Gasteiger charge is -2.01. The van der Waals surface area contributed by atoms with Gasteiger partial charge in [0.15, 0.2) is 0 Å². The predicted molar refractivity (Wildman–Crippen MR) is 41.1 cm³/mol. The third kappa shape index (κ3) is 7.25. The molecule has 0 saturated carbocycles. The maximum Gasteiger partial charge on any atom is 0.115 e. The third-order valence-corrected chi connectivity index (χ3v) is 2.78. The van der Waals surface area contributed by atoms with Crippen molar-refractivity contribution in [2.45, 2.75) is 0 Å². The van der Waals surface area contributed by atoms with Crippen LogP contribution in [0.1, 0.15) is 0 Å². The molecule has 0 saturated heterocycles. The quantitative estimate of drug-likeness (QED) is 0.378. The van der Waals surface area contributed by atoms with Gasteiger partial charge in [-0.05, 0) is 0 Å². The molecule has 0 aromatic rings. The molecule has 0 spiro atoms. The van der Waals surface area contributed by atoms with Gasteiger partial charge in [-0.25, -0.2) is 0 Å². The fourth-order valence-corrected chi connectivity index (χ4v) is 2.29. The van der Waals surface area contributed by atoms with E-state index in [1.54, 1.807) is 0 Å². The fraction of sp³-hybridized carbons (Fsp3) is 1.00. The summed E-state index contributed by atoms with van der Waals surface area (Å²) < 4.78 is 0. The van der Waals surface area contributed by atoms with Crippen molar-refractivity contribution in [3.05, 3.63) is 0 Å². The van der Waals surface area contributed by atoms with Crippen molar-refractivity contribution in [1.29, 1.82) is 0 Å². The van der Waals surface area contributed by atoms with Gasteiger partial charge in [0, 0.05) is 12.0 Å². The summed E-state index contributed by atoms with van der Waals surface area (Å²) in [7, 11) is 0. The molecule has 0 aliphatic heterocycles. The molecule has 1 N–H and O–H groups in total. The van der Waals surface area contributed by atoms with Crippen LogP contribution >= 0.6 is 29.3 Å². The van der Waals surface area contributed by atoms with E-state index in [-0.39, 0.29) is 0 Å². The molecule has 1 unspecified atom stereocenters. The van der Waals surface area contributed by atoms with Crippen LogP contribution in [0.25, 0.3) is 0 Å². The van der Waals surface area contributed by atoms with Crippen LogP contribution in [-0.2, 0) is 11.8 Å². The Morgan fingerprint density at radius 1 is 1.86 bits per heavy atom. The topological polar surface area (TPSA) is 20.2 Å². The van der Waals surface area contributed by atoms with Crippen LogP contribution in [0, 0.1) is 0 Å². The molecule has 0 aromatic heterocycles. The van der Waals surface area contributed by atoms with Crippen LogP contribution in [-0.4, -0.2) is 16.9 Å². The summed E-state index contributed by atoms with van der Waals surface area (Å²) in [5.41, 5.74) is -2.27. The SMILES string of the molecule is OP(=S)(S)CCCl. The van der Waals surface area contributed by atoms with Crippen molar-refractivity contribution < 1.29 is 4.89 Å². The Balaban J connectivity index is 3.36. The van der Waals surface area contributed by atoms with Crippen LogP contribution in [0.5, 0.6) is 0 Å². The Morgan fingerprint density at radius 2 is 2.29 bits per heavy atom. The molecule has 0 bridgehead atoms. The molecule has 0 fully saturated rings. The zero-order valence-electron chi connectivity index (χ0n) is 3.54. The van der Waals surface area contributed by atoms with E-state index in [0.717, 1.165) is 0 Å². The van der Waals surface area contributed by atoms with Crippen molar-refractivity contribution in [3.8, 4) is 0 Å². The fourth-order valence-electron chi connectivity index (χ4n) is 0.110. The van der Waals surface area contributed by atoms with Crippen molar-refractivity contribution in [2.24, 2.45) is 0 Å². The molecular weight excluding hydrogens is 171 g/mol. The molecule has 7 heavy (non-hydrogen) atoms. The number of hydrogen-bond donors (Lipinski definition) is 2. The van der Waals surface area contributed by atoms with Crippen molar-refractivity contribution in [2.75, 3.05) is 12.0 Å². The van der Waals surface area contributed by atoms with E-state index in [2.05, 4.69) is 24.1 Å². The molecular formula is C2H6ClOPS2. The first kappa shape index (κ1) is 8.25. The number of rotatable bonds is 2. The van der Waals surface area contributed by atoms with Gasteiger partial charge in [-0.15, -0.1) is 23.8 Å². The number of halogens is 1. The van der Waals surface area contributed by atoms with E-state index in [1.165, 1.54) is 0 Å². The lowest BCUT2D eigenvalue weighted by atomic mass is 11.0. The highest BCUT2D eigenvalue weighted by atomic mass is 35.5. The smallest absolute Gasteiger partial charge is 0.115 e. The average molecular weight is 177 g/mol. The van der Waals surface area contributed by atoms with Gasteiger partial charge in [0.1, 0.15) is 5.47 Å². The van der Waals surface area contributed by atoms with Gasteiger partial charge in [0.05, 0.1) is 0 Å². The van der Waals surface area contributed by atoms with Gasteiger partial charge in [0.25, 0.3) is 0 Å². The largest absolute Gasteiger partial charge is 0.357 e. The van der Waals surface area contributed by atoms with Gasteiger partial charge in [0.2, 0.25) is 0 Å². The van der Waals surface area contributed by atoms with Gasteiger partial charge >= 0.3 is 0 Å². The number of hydrogen-bond acceptors (Lipinski definition) is 1. The summed E-state index contributed by atoms with van der Waals surface area (Å²) >= 11 is 13.5. The Hall–Kier alpha value is 1.25. The molecule has 0 aromatic carbocycles. The standard InChI is InChI=1S/C2H6ClOPS2/c3-1-2-5(4,6)7/h1-2H2,(H2,4,6,7). The zero-order valence-corrected chi connectivity index (χ0v) is 6.90. The van der Waals surface area contributed by atoms with Crippen molar-refractivity contribution in [1.82, 2.24) is 0 Å². The van der Waals surface area contributed by atoms with E-state index >= 15 is 0 Å². The van der Waals surface area contributed by atoms with Crippen LogP contribution < -0.4 is 0 Å². The van der Waals surface area contributed by atoms with Crippen LogP contribution in [0.2, 0.25) is 0 Å². The van der Waals surface area contributed by atoms with Gasteiger partial charge in [-0.2, -0.15) is 0 Å². The second kappa shape index (κ2) is 3.31. The first-order valence-corrected chi connectivity index (χ1v) is 6.29. The average Bonchev–Trinajstić information content (AvgIpc) is 1.30. The molecule has 0 heterocycles. The van der Waals surface area contributed by atoms with Gasteiger partial charge < -0.3 is 4.89 Å². The Morgan fingerprint density at radius 3 is 2.29 bits per heavy atom. The third-order valence-electron chi connectivity index (χ3n) is 0.376. The first-order chi connectivity index (χ1) is 3.06. The minimum Gasteiger partial charge on any atom is -0.357 e. The summed E-state index contributed by atoms with van der Waals surface area (Å²) in [5.74, 6) is 0.400. The lowest BCUT2D eigenvalue weighted by molar-refractivity contribution is 0.640. The summed E-state index contributed by atoms with van der Waals surface area (Å²) in [4.78, 5) is 8.72. The normalized spacial score (nSPS) is 18.7. The molecule has 0 amide bonds. The molecule has 0 aliphatic rings. The molecule has 0 radical (unpaired) electrons. The van der Waals surface area contributed by atoms with Crippen LogP contribution in [0.3, 0.4) is 0 Å². The van der Waals surface area contributed by atoms with Crippen molar-refractivity contribution >= 4 is 41.1 Å². The highest BCUT2D eigenvalue weighted by Crippen LogP contribution is 2.45. The highest BCUT2D eigenvalue weighted by Gasteiger charge is 2.01. The summed E-state index contributed by atoms with van der Waals surface area (Å²) in [5, 5.41) is 0. The first-order valence-electron chi connectivity index (χ1n) is 1.67. The van der Waals surface area contributed by atoms with Crippen LogP contribution in [0.4, 0.5) is 0 Å².